The molecule has 1 nitrogen and oxygen atoms in total. The zero-order chi connectivity index (χ0) is 14.2. The molecule has 0 radical (unpaired) electrons. The Hall–Kier alpha value is -0.460. The summed E-state index contributed by atoms with van der Waals surface area (Å²) >= 11 is 0. The monoisotopic (exact) mass is 278 g/mol. The number of allylic oxidation sites excluding steroid dienone is 1. The highest BCUT2D eigenvalue weighted by atomic mass is 16.5. The molecule has 2 rings (SSSR count). The van der Waals surface area contributed by atoms with Gasteiger partial charge in [0.1, 0.15) is 0 Å². The number of hydrogen-bond acceptors (Lipinski definition) is 1. The lowest BCUT2D eigenvalue weighted by Crippen LogP contribution is -2.25. The van der Waals surface area contributed by atoms with E-state index in [2.05, 4.69) is 13.0 Å². The van der Waals surface area contributed by atoms with Crippen molar-refractivity contribution in [2.75, 3.05) is 7.11 Å². The summed E-state index contributed by atoms with van der Waals surface area (Å²) in [6.45, 7) is 2.34. The molecule has 116 valence electrons. The van der Waals surface area contributed by atoms with Gasteiger partial charge in [0.25, 0.3) is 0 Å². The second kappa shape index (κ2) is 8.74. The van der Waals surface area contributed by atoms with Crippen molar-refractivity contribution >= 4 is 0 Å². The first-order valence-corrected chi connectivity index (χ1v) is 9.01. The maximum absolute atomic E-state index is 5.00. The van der Waals surface area contributed by atoms with Gasteiger partial charge in [-0.3, -0.25) is 0 Å². The minimum Gasteiger partial charge on any atom is -0.505 e. The van der Waals surface area contributed by atoms with Crippen molar-refractivity contribution in [2.24, 2.45) is 23.7 Å². The SMILES string of the molecule is CCCC1CCC(C2CCC(C/C=C/OC)CC2)CC1. The quantitative estimate of drug-likeness (QED) is 0.545. The molecule has 0 amide bonds. The molecule has 2 fully saturated rings. The molecule has 0 heterocycles. The molecule has 20 heavy (non-hydrogen) atoms. The highest BCUT2D eigenvalue weighted by Crippen LogP contribution is 2.42. The maximum Gasteiger partial charge on any atom is 0.0784 e. The molecule has 0 aliphatic heterocycles. The van der Waals surface area contributed by atoms with Gasteiger partial charge < -0.3 is 4.74 Å². The molecule has 0 bridgehead atoms. The number of hydrogen-bond donors (Lipinski definition) is 0. The first-order valence-electron chi connectivity index (χ1n) is 9.01. The number of ether oxygens (including phenoxy) is 1. The van der Waals surface area contributed by atoms with E-state index in [1.165, 1.54) is 70.6 Å². The van der Waals surface area contributed by atoms with E-state index in [9.17, 15) is 0 Å². The zero-order valence-electron chi connectivity index (χ0n) is 13.7. The third kappa shape index (κ3) is 4.82. The molecule has 2 saturated carbocycles. The molecule has 2 aliphatic carbocycles. The van der Waals surface area contributed by atoms with Crippen molar-refractivity contribution in [3.05, 3.63) is 12.3 Å². The predicted octanol–water partition coefficient (Wildman–Crippen LogP) is 5.95. The normalized spacial score (nSPS) is 35.3. The predicted molar refractivity (Wildman–Crippen MR) is 86.6 cm³/mol. The number of rotatable bonds is 6. The van der Waals surface area contributed by atoms with Crippen molar-refractivity contribution in [2.45, 2.75) is 77.6 Å². The third-order valence-electron chi connectivity index (χ3n) is 5.85. The van der Waals surface area contributed by atoms with Crippen LogP contribution in [0.3, 0.4) is 0 Å². The fourth-order valence-electron chi connectivity index (χ4n) is 4.60. The van der Waals surface area contributed by atoms with E-state index in [-0.39, 0.29) is 0 Å². The van der Waals surface area contributed by atoms with E-state index in [1.807, 2.05) is 6.26 Å². The minimum atomic E-state index is 0.925. The molecule has 0 spiro atoms. The van der Waals surface area contributed by atoms with Crippen LogP contribution in [0.25, 0.3) is 0 Å². The van der Waals surface area contributed by atoms with Gasteiger partial charge in [0, 0.05) is 0 Å². The average Bonchev–Trinajstić information content (AvgIpc) is 2.49. The van der Waals surface area contributed by atoms with Crippen LogP contribution in [0.2, 0.25) is 0 Å². The summed E-state index contributed by atoms with van der Waals surface area (Å²) in [4.78, 5) is 0. The Morgan fingerprint density at radius 3 is 1.90 bits per heavy atom. The van der Waals surface area contributed by atoms with Crippen LogP contribution in [0.4, 0.5) is 0 Å². The van der Waals surface area contributed by atoms with Gasteiger partial charge in [-0.05, 0) is 74.7 Å². The lowest BCUT2D eigenvalue weighted by molar-refractivity contribution is 0.144. The average molecular weight is 278 g/mol. The maximum atomic E-state index is 5.00. The molecular formula is C19H34O. The molecule has 0 saturated heterocycles. The molecule has 1 heteroatoms. The van der Waals surface area contributed by atoms with E-state index in [0.29, 0.717) is 0 Å². The van der Waals surface area contributed by atoms with Gasteiger partial charge in [-0.15, -0.1) is 0 Å². The van der Waals surface area contributed by atoms with E-state index in [1.54, 1.807) is 7.11 Å². The molecule has 0 unspecified atom stereocenters. The summed E-state index contributed by atoms with van der Waals surface area (Å²) in [5.41, 5.74) is 0. The van der Waals surface area contributed by atoms with Crippen molar-refractivity contribution in [1.82, 2.24) is 0 Å². The van der Waals surface area contributed by atoms with Crippen LogP contribution in [0.5, 0.6) is 0 Å². The summed E-state index contributed by atoms with van der Waals surface area (Å²) in [6.07, 6.45) is 20.1. The van der Waals surface area contributed by atoms with E-state index < -0.39 is 0 Å². The Labute approximate surface area is 126 Å². The topological polar surface area (TPSA) is 9.23 Å². The first-order chi connectivity index (χ1) is 9.83. The van der Waals surface area contributed by atoms with Crippen molar-refractivity contribution in [3.63, 3.8) is 0 Å². The Bertz CT molecular complexity index is 267. The second-order valence-corrected chi connectivity index (χ2v) is 7.19. The van der Waals surface area contributed by atoms with Gasteiger partial charge in [0.05, 0.1) is 13.4 Å². The highest BCUT2D eigenvalue weighted by molar-refractivity contribution is 4.85. The van der Waals surface area contributed by atoms with Crippen LogP contribution in [0, 0.1) is 23.7 Å². The lowest BCUT2D eigenvalue weighted by atomic mass is 9.68. The molecule has 0 N–H and O–H groups in total. The highest BCUT2D eigenvalue weighted by Gasteiger charge is 2.30. The summed E-state index contributed by atoms with van der Waals surface area (Å²) in [5, 5.41) is 0. The van der Waals surface area contributed by atoms with Crippen LogP contribution in [-0.2, 0) is 4.74 Å². The second-order valence-electron chi connectivity index (χ2n) is 7.19. The van der Waals surface area contributed by atoms with Gasteiger partial charge in [-0.25, -0.2) is 0 Å². The fraction of sp³-hybridized carbons (Fsp3) is 0.895. The summed E-state index contributed by atoms with van der Waals surface area (Å²) in [7, 11) is 1.74. The van der Waals surface area contributed by atoms with Crippen molar-refractivity contribution in [3.8, 4) is 0 Å². The van der Waals surface area contributed by atoms with Gasteiger partial charge in [0.15, 0.2) is 0 Å². The lowest BCUT2D eigenvalue weighted by Gasteiger charge is -2.37. The van der Waals surface area contributed by atoms with Crippen LogP contribution >= 0.6 is 0 Å². The van der Waals surface area contributed by atoms with Gasteiger partial charge >= 0.3 is 0 Å². The van der Waals surface area contributed by atoms with Crippen LogP contribution < -0.4 is 0 Å². The molecule has 2 aliphatic rings. The van der Waals surface area contributed by atoms with Crippen LogP contribution in [-0.4, -0.2) is 7.11 Å². The molecular weight excluding hydrogens is 244 g/mol. The van der Waals surface area contributed by atoms with Crippen LogP contribution in [0.15, 0.2) is 12.3 Å². The zero-order valence-corrected chi connectivity index (χ0v) is 13.7. The Balaban J connectivity index is 1.65. The van der Waals surface area contributed by atoms with Gasteiger partial charge in [-0.2, -0.15) is 0 Å². The first kappa shape index (κ1) is 15.9. The largest absolute Gasteiger partial charge is 0.505 e. The van der Waals surface area contributed by atoms with Gasteiger partial charge in [0.2, 0.25) is 0 Å². The standard InChI is InChI=1S/C19H34O/c1-3-5-16-7-11-18(12-8-16)19-13-9-17(10-14-19)6-4-15-20-2/h4,15-19H,3,5-14H2,1-2H3/b15-4+. The molecule has 0 atom stereocenters. The fourth-order valence-corrected chi connectivity index (χ4v) is 4.60. The van der Waals surface area contributed by atoms with E-state index >= 15 is 0 Å². The molecule has 0 aromatic heterocycles. The van der Waals surface area contributed by atoms with Gasteiger partial charge in [-0.1, -0.05) is 32.6 Å². The Morgan fingerprint density at radius 2 is 1.40 bits per heavy atom. The minimum absolute atomic E-state index is 0.925. The third-order valence-corrected chi connectivity index (χ3v) is 5.85. The van der Waals surface area contributed by atoms with E-state index in [4.69, 9.17) is 4.74 Å². The smallest absolute Gasteiger partial charge is 0.0784 e. The summed E-state index contributed by atoms with van der Waals surface area (Å²) in [6, 6.07) is 0. The van der Waals surface area contributed by atoms with Crippen LogP contribution in [0.1, 0.15) is 77.6 Å². The van der Waals surface area contributed by atoms with Crippen molar-refractivity contribution in [1.29, 1.82) is 0 Å². The Kier molecular flexibility index (Phi) is 6.96. The molecule has 0 aromatic rings. The van der Waals surface area contributed by atoms with E-state index in [0.717, 1.165) is 23.7 Å². The summed E-state index contributed by atoms with van der Waals surface area (Å²) in [5.74, 6) is 4.11. The summed E-state index contributed by atoms with van der Waals surface area (Å²) < 4.78 is 5.00. The molecule has 0 aromatic carbocycles. The van der Waals surface area contributed by atoms with Crippen molar-refractivity contribution < 1.29 is 4.74 Å². The Morgan fingerprint density at radius 1 is 0.850 bits per heavy atom. The number of methoxy groups -OCH3 is 1.